The predicted molar refractivity (Wildman–Crippen MR) is 181 cm³/mol. The molecule has 7 rings (SSSR count). The Hall–Kier alpha value is -4.52. The molecule has 3 aromatic carbocycles. The summed E-state index contributed by atoms with van der Waals surface area (Å²) < 4.78 is 37.2. The number of benzene rings is 3. The average Bonchev–Trinajstić information content (AvgIpc) is 3.73. The molecule has 0 spiro atoms. The number of rotatable bonds is 7. The Bertz CT molecular complexity index is 2090. The van der Waals surface area contributed by atoms with Crippen LogP contribution in [0, 0.1) is 25.5 Å². The van der Waals surface area contributed by atoms with E-state index in [9.17, 15) is 13.6 Å². The van der Waals surface area contributed by atoms with Crippen LogP contribution in [0.25, 0.3) is 38.5 Å². The lowest BCUT2D eigenvalue weighted by atomic mass is 10.0. The number of aromatic nitrogens is 4. The van der Waals surface area contributed by atoms with Gasteiger partial charge in [-0.05, 0) is 82.2 Å². The van der Waals surface area contributed by atoms with Crippen molar-refractivity contribution in [2.45, 2.75) is 45.2 Å². The molecule has 238 valence electrons. The third-order valence-electron chi connectivity index (χ3n) is 8.33. The maximum absolute atomic E-state index is 14.3. The van der Waals surface area contributed by atoms with E-state index in [1.807, 2.05) is 46.1 Å². The third kappa shape index (κ3) is 6.04. The lowest BCUT2D eigenvalue weighted by Crippen LogP contribution is -2.36. The number of anilines is 1. The first kappa shape index (κ1) is 31.1. The number of imidazole rings is 1. The number of halogens is 2. The zero-order chi connectivity index (χ0) is 32.8. The Morgan fingerprint density at radius 3 is 2.51 bits per heavy atom. The quantitative estimate of drug-likeness (QED) is 0.163. The van der Waals surface area contributed by atoms with Gasteiger partial charge in [0, 0.05) is 40.7 Å². The zero-order valence-electron chi connectivity index (χ0n) is 26.4. The van der Waals surface area contributed by atoms with Crippen LogP contribution in [0.4, 0.5) is 14.5 Å². The van der Waals surface area contributed by atoms with Crippen LogP contribution in [0.1, 0.15) is 47.6 Å². The van der Waals surface area contributed by atoms with Crippen LogP contribution in [-0.2, 0) is 11.3 Å². The summed E-state index contributed by atoms with van der Waals surface area (Å²) in [5.41, 5.74) is 7.64. The highest BCUT2D eigenvalue weighted by Gasteiger charge is 2.32. The largest absolute Gasteiger partial charge is 0.361 e. The van der Waals surface area contributed by atoms with Crippen LogP contribution in [0.5, 0.6) is 0 Å². The first-order valence-corrected chi connectivity index (χ1v) is 17.3. The molecule has 0 unspecified atom stereocenters. The van der Waals surface area contributed by atoms with Crippen molar-refractivity contribution in [2.24, 2.45) is 0 Å². The molecule has 8 nitrogen and oxygen atoms in total. The Labute approximate surface area is 277 Å². The van der Waals surface area contributed by atoms with Gasteiger partial charge in [0.1, 0.15) is 11.6 Å². The second-order valence-electron chi connectivity index (χ2n) is 12.1. The van der Waals surface area contributed by atoms with Crippen LogP contribution in [-0.4, -0.2) is 54.3 Å². The van der Waals surface area contributed by atoms with E-state index in [4.69, 9.17) is 14.5 Å². The van der Waals surface area contributed by atoms with Crippen LogP contribution in [0.3, 0.4) is 0 Å². The smallest absolute Gasteiger partial charge is 0.218 e. The minimum Gasteiger partial charge on any atom is -0.361 e. The summed E-state index contributed by atoms with van der Waals surface area (Å²) in [5.74, 6) is -0.537. The van der Waals surface area contributed by atoms with Crippen molar-refractivity contribution in [1.82, 2.24) is 24.6 Å². The summed E-state index contributed by atoms with van der Waals surface area (Å²) in [5, 5.41) is 6.95. The fourth-order valence-corrected chi connectivity index (χ4v) is 8.47. The van der Waals surface area contributed by atoms with E-state index in [-0.39, 0.29) is 21.1 Å². The highest BCUT2D eigenvalue weighted by molar-refractivity contribution is 7.12. The summed E-state index contributed by atoms with van der Waals surface area (Å²) >= 11 is 1.53. The Morgan fingerprint density at radius 1 is 1.00 bits per heavy atom. The van der Waals surface area contributed by atoms with Crippen molar-refractivity contribution in [2.75, 3.05) is 18.7 Å². The maximum atomic E-state index is 14.3. The monoisotopic (exact) mass is 666 g/mol. The van der Waals surface area contributed by atoms with Gasteiger partial charge in [-0.3, -0.25) is 9.36 Å². The van der Waals surface area contributed by atoms with E-state index in [2.05, 4.69) is 44.3 Å². The first-order valence-electron chi connectivity index (χ1n) is 15.4. The molecule has 1 aliphatic heterocycles. The van der Waals surface area contributed by atoms with E-state index in [0.29, 0.717) is 24.9 Å². The number of thiazole rings is 1. The van der Waals surface area contributed by atoms with E-state index in [1.54, 1.807) is 4.57 Å². The van der Waals surface area contributed by atoms with E-state index in [0.717, 1.165) is 74.5 Å². The molecular formula is C35H32F2N6O2SSi. The van der Waals surface area contributed by atoms with Crippen molar-refractivity contribution in [1.29, 1.82) is 0 Å². The van der Waals surface area contributed by atoms with Gasteiger partial charge in [0.25, 0.3) is 0 Å². The standard InChI is InChI=1S/C35H32F2N6O2SSi/c1-20-33(21(2)45-40-20)24-12-15-30-28(16-24)38-34(31-6-5-7-32(44)43(47-31)25-13-14-26(36)27(37)17-25)42(30)35-39-29(19-46-35)23-10-8-22(9-11-23)18-41(3)4/h8-17,19,31H,5-7,18H2,1-4H3/t31-/m0/s1. The van der Waals surface area contributed by atoms with E-state index < -0.39 is 11.6 Å². The number of nitrogens with zero attached hydrogens (tertiary/aromatic N) is 6. The molecule has 1 saturated heterocycles. The molecule has 0 bridgehead atoms. The number of carbonyl (C=O) groups excluding carboxylic acids is 1. The topological polar surface area (TPSA) is 80.3 Å². The zero-order valence-corrected chi connectivity index (χ0v) is 28.2. The molecule has 1 amide bonds. The normalized spacial score (nSPS) is 15.6. The number of amides is 1. The fourth-order valence-electron chi connectivity index (χ4n) is 6.12. The predicted octanol–water partition coefficient (Wildman–Crippen LogP) is 7.64. The molecule has 2 radical (unpaired) electrons. The second-order valence-corrected chi connectivity index (χ2v) is 14.3. The molecule has 12 heteroatoms. The molecule has 0 N–H and O–H groups in total. The van der Waals surface area contributed by atoms with Gasteiger partial charge in [-0.25, -0.2) is 18.7 Å². The Morgan fingerprint density at radius 2 is 1.79 bits per heavy atom. The number of aryl methyl sites for hydroxylation is 2. The highest BCUT2D eigenvalue weighted by atomic mass is 32.1. The number of fused-ring (bicyclic) bond motifs is 1. The van der Waals surface area contributed by atoms with Gasteiger partial charge in [0.15, 0.2) is 16.8 Å². The van der Waals surface area contributed by atoms with Crippen molar-refractivity contribution in [3.63, 3.8) is 0 Å². The van der Waals surface area contributed by atoms with Crippen LogP contribution in [0.2, 0.25) is 0 Å². The molecule has 47 heavy (non-hydrogen) atoms. The average molecular weight is 667 g/mol. The van der Waals surface area contributed by atoms with Crippen molar-refractivity contribution in [3.05, 3.63) is 101 Å². The van der Waals surface area contributed by atoms with Gasteiger partial charge >= 0.3 is 0 Å². The van der Waals surface area contributed by atoms with E-state index >= 15 is 0 Å². The number of hydrogen-bond acceptors (Lipinski definition) is 7. The van der Waals surface area contributed by atoms with Gasteiger partial charge < -0.3 is 14.0 Å². The van der Waals surface area contributed by atoms with Crippen LogP contribution >= 0.6 is 11.3 Å². The SMILES string of the molecule is Cc1noc(C)c1-c1ccc2c(c1)nc([C@@H]1CCCC(=O)N(c3ccc(F)c(F)c3)[Si]1)n2-c1nc(-c2ccc(CN(C)C)cc2)cs1. The highest BCUT2D eigenvalue weighted by Crippen LogP contribution is 2.37. The van der Waals surface area contributed by atoms with Gasteiger partial charge in [-0.15, -0.1) is 11.3 Å². The number of carbonyl (C=O) groups is 1. The van der Waals surface area contributed by atoms with Crippen molar-refractivity contribution < 1.29 is 18.1 Å². The molecule has 6 aromatic rings. The van der Waals surface area contributed by atoms with Crippen molar-refractivity contribution >= 4 is 43.6 Å². The molecule has 1 aliphatic rings. The third-order valence-corrected chi connectivity index (χ3v) is 10.8. The summed E-state index contributed by atoms with van der Waals surface area (Å²) in [6.07, 6.45) is 1.66. The van der Waals surface area contributed by atoms with Gasteiger partial charge in [0.05, 0.1) is 22.4 Å². The molecule has 1 fully saturated rings. The summed E-state index contributed by atoms with van der Waals surface area (Å²) in [4.78, 5) is 25.7. The number of hydrogen-bond donors (Lipinski definition) is 0. The van der Waals surface area contributed by atoms with Gasteiger partial charge in [-0.1, -0.05) is 35.5 Å². The molecule has 4 heterocycles. The lowest BCUT2D eigenvalue weighted by Gasteiger charge is -2.24. The summed E-state index contributed by atoms with van der Waals surface area (Å²) in [7, 11) is 4.03. The Balaban J connectivity index is 1.33. The molecule has 0 aliphatic carbocycles. The molecule has 3 aromatic heterocycles. The minimum absolute atomic E-state index is 0.0625. The molecule has 1 atom stereocenters. The van der Waals surface area contributed by atoms with Crippen LogP contribution < -0.4 is 4.57 Å². The molecule has 0 saturated carbocycles. The van der Waals surface area contributed by atoms with Gasteiger partial charge in [-0.2, -0.15) is 0 Å². The molecular weight excluding hydrogens is 635 g/mol. The van der Waals surface area contributed by atoms with Crippen molar-refractivity contribution in [3.8, 4) is 27.5 Å². The lowest BCUT2D eigenvalue weighted by molar-refractivity contribution is -0.117. The fraction of sp³-hybridized carbons (Fsp3) is 0.257. The first-order chi connectivity index (χ1) is 22.7. The summed E-state index contributed by atoms with van der Waals surface area (Å²) in [6, 6.07) is 18.2. The van der Waals surface area contributed by atoms with Crippen LogP contribution in [0.15, 0.2) is 70.6 Å². The second kappa shape index (κ2) is 12.6. The summed E-state index contributed by atoms with van der Waals surface area (Å²) in [6.45, 7) is 4.67. The Kier molecular flexibility index (Phi) is 8.33. The van der Waals surface area contributed by atoms with E-state index in [1.165, 1.54) is 23.0 Å². The van der Waals surface area contributed by atoms with Gasteiger partial charge in [0.2, 0.25) is 15.6 Å². The minimum atomic E-state index is -0.981. The maximum Gasteiger partial charge on any atom is 0.218 e.